The largest absolute Gasteiger partial charge is 0.378 e. The summed E-state index contributed by atoms with van der Waals surface area (Å²) in [7, 11) is 0. The molecule has 0 spiro atoms. The van der Waals surface area contributed by atoms with Crippen molar-refractivity contribution in [3.05, 3.63) is 64.7 Å². The third-order valence-electron chi connectivity index (χ3n) is 4.06. The molecule has 1 heterocycles. The standard InChI is InChI=1S/C19H19ClN2O3/c20-16-3-1-2-15(12-16)19(24)21-13-18(23)14-4-6-17(7-5-14)22-8-10-25-11-9-22/h1-7,12H,8-11,13H2,(H,21,24). The fourth-order valence-corrected chi connectivity index (χ4v) is 2.86. The predicted octanol–water partition coefficient (Wildman–Crippen LogP) is 2.79. The molecular formula is C19H19ClN2O3. The number of nitrogens with zero attached hydrogens (tertiary/aromatic N) is 1. The maximum Gasteiger partial charge on any atom is 0.251 e. The van der Waals surface area contributed by atoms with Crippen molar-refractivity contribution in [1.82, 2.24) is 5.32 Å². The minimum Gasteiger partial charge on any atom is -0.378 e. The third kappa shape index (κ3) is 4.59. The van der Waals surface area contributed by atoms with Crippen LogP contribution in [0.25, 0.3) is 0 Å². The summed E-state index contributed by atoms with van der Waals surface area (Å²) in [5.74, 6) is -0.454. The quantitative estimate of drug-likeness (QED) is 0.835. The zero-order chi connectivity index (χ0) is 17.6. The fourth-order valence-electron chi connectivity index (χ4n) is 2.67. The van der Waals surface area contributed by atoms with E-state index in [1.165, 1.54) is 0 Å². The summed E-state index contributed by atoms with van der Waals surface area (Å²) in [6, 6.07) is 14.1. The molecule has 2 aromatic carbocycles. The molecule has 0 bridgehead atoms. The van der Waals surface area contributed by atoms with Gasteiger partial charge in [-0.2, -0.15) is 0 Å². The van der Waals surface area contributed by atoms with E-state index < -0.39 is 0 Å². The summed E-state index contributed by atoms with van der Waals surface area (Å²) in [6.07, 6.45) is 0. The number of morpholine rings is 1. The number of anilines is 1. The Kier molecular flexibility index (Phi) is 5.68. The van der Waals surface area contributed by atoms with Gasteiger partial charge in [-0.15, -0.1) is 0 Å². The summed E-state index contributed by atoms with van der Waals surface area (Å²) in [4.78, 5) is 26.5. The fraction of sp³-hybridized carbons (Fsp3) is 0.263. The first-order valence-electron chi connectivity index (χ1n) is 8.13. The lowest BCUT2D eigenvalue weighted by Gasteiger charge is -2.28. The van der Waals surface area contributed by atoms with E-state index >= 15 is 0 Å². The lowest BCUT2D eigenvalue weighted by Crippen LogP contribution is -2.36. The highest BCUT2D eigenvalue weighted by molar-refractivity contribution is 6.31. The minimum absolute atomic E-state index is 0.0533. The van der Waals surface area contributed by atoms with Crippen LogP contribution in [0.2, 0.25) is 5.02 Å². The van der Waals surface area contributed by atoms with Crippen molar-refractivity contribution < 1.29 is 14.3 Å². The summed E-state index contributed by atoms with van der Waals surface area (Å²) in [5, 5.41) is 3.11. The van der Waals surface area contributed by atoms with Gasteiger partial charge < -0.3 is 15.0 Å². The Morgan fingerprint density at radius 3 is 2.44 bits per heavy atom. The first-order chi connectivity index (χ1) is 12.1. The van der Waals surface area contributed by atoms with Crippen LogP contribution in [-0.4, -0.2) is 44.5 Å². The average molecular weight is 359 g/mol. The van der Waals surface area contributed by atoms with E-state index in [4.69, 9.17) is 16.3 Å². The molecule has 1 saturated heterocycles. The predicted molar refractivity (Wildman–Crippen MR) is 97.6 cm³/mol. The van der Waals surface area contributed by atoms with Gasteiger partial charge in [0.05, 0.1) is 19.8 Å². The number of amides is 1. The smallest absolute Gasteiger partial charge is 0.251 e. The van der Waals surface area contributed by atoms with E-state index in [2.05, 4.69) is 10.2 Å². The van der Waals surface area contributed by atoms with E-state index in [9.17, 15) is 9.59 Å². The molecule has 0 unspecified atom stereocenters. The van der Waals surface area contributed by atoms with Crippen LogP contribution >= 0.6 is 11.6 Å². The van der Waals surface area contributed by atoms with Crippen molar-refractivity contribution in [3.63, 3.8) is 0 Å². The molecule has 0 atom stereocenters. The minimum atomic E-state index is -0.319. The highest BCUT2D eigenvalue weighted by atomic mass is 35.5. The number of carbonyl (C=O) groups is 2. The van der Waals surface area contributed by atoms with Crippen molar-refractivity contribution in [3.8, 4) is 0 Å². The number of Topliss-reactive ketones (excluding diaryl/α,β-unsaturated/α-hetero) is 1. The van der Waals surface area contributed by atoms with Crippen LogP contribution < -0.4 is 10.2 Å². The van der Waals surface area contributed by atoms with E-state index in [-0.39, 0.29) is 18.2 Å². The van der Waals surface area contributed by atoms with E-state index in [0.717, 1.165) is 32.0 Å². The lowest BCUT2D eigenvalue weighted by atomic mass is 10.1. The molecular weight excluding hydrogens is 340 g/mol. The van der Waals surface area contributed by atoms with Crippen LogP contribution in [-0.2, 0) is 4.74 Å². The molecule has 130 valence electrons. The molecule has 5 nitrogen and oxygen atoms in total. The summed E-state index contributed by atoms with van der Waals surface area (Å²) in [5.41, 5.74) is 2.08. The second-order valence-electron chi connectivity index (χ2n) is 5.76. The second kappa shape index (κ2) is 8.14. The summed E-state index contributed by atoms with van der Waals surface area (Å²) >= 11 is 5.87. The van der Waals surface area contributed by atoms with Crippen LogP contribution in [0, 0.1) is 0 Å². The van der Waals surface area contributed by atoms with Crippen LogP contribution in [0.5, 0.6) is 0 Å². The Bertz CT molecular complexity index is 756. The molecule has 1 aliphatic heterocycles. The van der Waals surface area contributed by atoms with Gasteiger partial charge in [0.25, 0.3) is 5.91 Å². The Balaban J connectivity index is 1.56. The molecule has 25 heavy (non-hydrogen) atoms. The lowest BCUT2D eigenvalue weighted by molar-refractivity contribution is 0.0904. The van der Waals surface area contributed by atoms with Gasteiger partial charge in [-0.1, -0.05) is 17.7 Å². The zero-order valence-electron chi connectivity index (χ0n) is 13.7. The number of rotatable bonds is 5. The molecule has 1 fully saturated rings. The number of ketones is 1. The van der Waals surface area contributed by atoms with Gasteiger partial charge in [-0.05, 0) is 42.5 Å². The van der Waals surface area contributed by atoms with Crippen molar-refractivity contribution >= 4 is 29.0 Å². The number of hydrogen-bond acceptors (Lipinski definition) is 4. The number of halogens is 1. The molecule has 1 aliphatic rings. The van der Waals surface area contributed by atoms with E-state index in [0.29, 0.717) is 16.1 Å². The summed E-state index contributed by atoms with van der Waals surface area (Å²) in [6.45, 7) is 3.08. The topological polar surface area (TPSA) is 58.6 Å². The van der Waals surface area contributed by atoms with Crippen LogP contribution in [0.1, 0.15) is 20.7 Å². The van der Waals surface area contributed by atoms with Gasteiger partial charge in [-0.3, -0.25) is 9.59 Å². The number of ether oxygens (including phenoxy) is 1. The SMILES string of the molecule is O=C(CNC(=O)c1cccc(Cl)c1)c1ccc(N2CCOCC2)cc1. The molecule has 0 saturated carbocycles. The van der Waals surface area contributed by atoms with Gasteiger partial charge in [0.15, 0.2) is 5.78 Å². The van der Waals surface area contributed by atoms with Crippen molar-refractivity contribution in [2.75, 3.05) is 37.7 Å². The highest BCUT2D eigenvalue weighted by Crippen LogP contribution is 2.17. The molecule has 2 aromatic rings. The van der Waals surface area contributed by atoms with Crippen LogP contribution in [0.15, 0.2) is 48.5 Å². The van der Waals surface area contributed by atoms with Gasteiger partial charge >= 0.3 is 0 Å². The number of benzene rings is 2. The zero-order valence-corrected chi connectivity index (χ0v) is 14.5. The van der Waals surface area contributed by atoms with E-state index in [1.54, 1.807) is 36.4 Å². The number of hydrogen-bond donors (Lipinski definition) is 1. The van der Waals surface area contributed by atoms with Crippen molar-refractivity contribution in [2.24, 2.45) is 0 Å². The Hall–Kier alpha value is -2.37. The van der Waals surface area contributed by atoms with Crippen molar-refractivity contribution in [2.45, 2.75) is 0 Å². The molecule has 3 rings (SSSR count). The highest BCUT2D eigenvalue weighted by Gasteiger charge is 2.13. The molecule has 0 radical (unpaired) electrons. The van der Waals surface area contributed by atoms with E-state index in [1.807, 2.05) is 12.1 Å². The molecule has 0 aromatic heterocycles. The van der Waals surface area contributed by atoms with Crippen LogP contribution in [0.3, 0.4) is 0 Å². The Morgan fingerprint density at radius 2 is 1.76 bits per heavy atom. The molecule has 6 heteroatoms. The third-order valence-corrected chi connectivity index (χ3v) is 4.30. The first kappa shape index (κ1) is 17.5. The second-order valence-corrected chi connectivity index (χ2v) is 6.20. The van der Waals surface area contributed by atoms with Gasteiger partial charge in [0.1, 0.15) is 0 Å². The maximum atomic E-state index is 12.3. The first-order valence-corrected chi connectivity index (χ1v) is 8.51. The molecule has 0 aliphatic carbocycles. The monoisotopic (exact) mass is 358 g/mol. The van der Waals surface area contributed by atoms with Gasteiger partial charge in [-0.25, -0.2) is 0 Å². The molecule has 1 N–H and O–H groups in total. The maximum absolute atomic E-state index is 12.3. The normalized spacial score (nSPS) is 14.2. The van der Waals surface area contributed by atoms with Gasteiger partial charge in [0, 0.05) is 34.9 Å². The number of carbonyl (C=O) groups excluding carboxylic acids is 2. The van der Waals surface area contributed by atoms with Crippen LogP contribution in [0.4, 0.5) is 5.69 Å². The summed E-state index contributed by atoms with van der Waals surface area (Å²) < 4.78 is 5.34. The van der Waals surface area contributed by atoms with Gasteiger partial charge in [0.2, 0.25) is 0 Å². The number of nitrogens with one attached hydrogen (secondary N) is 1. The molecule has 1 amide bonds. The average Bonchev–Trinajstić information content (AvgIpc) is 2.66. The van der Waals surface area contributed by atoms with Crippen molar-refractivity contribution in [1.29, 1.82) is 0 Å². The Labute approximate surface area is 151 Å². The Morgan fingerprint density at radius 1 is 1.04 bits per heavy atom.